The first kappa shape index (κ1) is 19.7. The molecule has 8 heteroatoms. The summed E-state index contributed by atoms with van der Waals surface area (Å²) in [5.41, 5.74) is 6.49. The van der Waals surface area contributed by atoms with Gasteiger partial charge in [0, 0.05) is 18.7 Å². The van der Waals surface area contributed by atoms with Gasteiger partial charge >= 0.3 is 6.18 Å². The zero-order valence-corrected chi connectivity index (χ0v) is 13.3. The minimum absolute atomic E-state index is 0. The molecule has 23 heavy (non-hydrogen) atoms. The van der Waals surface area contributed by atoms with E-state index in [9.17, 15) is 18.0 Å². The molecule has 0 spiro atoms. The van der Waals surface area contributed by atoms with E-state index in [4.69, 9.17) is 10.5 Å². The summed E-state index contributed by atoms with van der Waals surface area (Å²) in [6, 6.07) is 6.43. The fraction of sp³-hybridized carbons (Fsp3) is 0.533. The van der Waals surface area contributed by atoms with Gasteiger partial charge in [0.2, 0.25) is 0 Å². The SMILES string of the molecule is Cl.NC[C@H]1CC[C@@H](C(=O)Nc2cccc(CCC(F)(F)F)c2)O1. The van der Waals surface area contributed by atoms with Crippen LogP contribution in [0.3, 0.4) is 0 Å². The van der Waals surface area contributed by atoms with Crippen LogP contribution in [-0.4, -0.2) is 30.8 Å². The van der Waals surface area contributed by atoms with E-state index in [1.54, 1.807) is 24.3 Å². The second kappa shape index (κ2) is 8.52. The van der Waals surface area contributed by atoms with Crippen LogP contribution >= 0.6 is 12.4 Å². The minimum atomic E-state index is -4.19. The average molecular weight is 353 g/mol. The number of nitrogens with two attached hydrogens (primary N) is 1. The lowest BCUT2D eigenvalue weighted by Gasteiger charge is -2.13. The number of benzene rings is 1. The lowest BCUT2D eigenvalue weighted by molar-refractivity contribution is -0.134. The predicted octanol–water partition coefficient (Wildman–Crippen LogP) is 3.05. The molecule has 1 aromatic carbocycles. The van der Waals surface area contributed by atoms with Crippen molar-refractivity contribution in [3.63, 3.8) is 0 Å². The molecule has 0 aromatic heterocycles. The van der Waals surface area contributed by atoms with Gasteiger partial charge in [0.15, 0.2) is 0 Å². The second-order valence-electron chi connectivity index (χ2n) is 5.36. The second-order valence-corrected chi connectivity index (χ2v) is 5.36. The van der Waals surface area contributed by atoms with Gasteiger partial charge in [-0.3, -0.25) is 4.79 Å². The highest BCUT2D eigenvalue weighted by Crippen LogP contribution is 2.24. The Kier molecular flexibility index (Phi) is 7.31. The largest absolute Gasteiger partial charge is 0.389 e. The van der Waals surface area contributed by atoms with Crippen molar-refractivity contribution in [2.24, 2.45) is 5.73 Å². The standard InChI is InChI=1S/C15H19F3N2O2.ClH/c16-15(17,18)7-6-10-2-1-3-11(8-10)20-14(21)13-5-4-12(9-19)22-13;/h1-3,8,12-13H,4-7,9,19H2,(H,20,21);1H/t12-,13+;/m1./s1. The monoisotopic (exact) mass is 352 g/mol. The smallest absolute Gasteiger partial charge is 0.364 e. The van der Waals surface area contributed by atoms with Crippen LogP contribution < -0.4 is 11.1 Å². The van der Waals surface area contributed by atoms with Crippen molar-refractivity contribution in [2.45, 2.75) is 44.1 Å². The number of ether oxygens (including phenoxy) is 1. The van der Waals surface area contributed by atoms with E-state index in [2.05, 4.69) is 5.32 Å². The molecule has 1 heterocycles. The summed E-state index contributed by atoms with van der Waals surface area (Å²) in [5.74, 6) is -0.288. The molecular formula is C15H20ClF3N2O2. The molecule has 1 amide bonds. The molecule has 3 N–H and O–H groups in total. The van der Waals surface area contributed by atoms with E-state index in [1.807, 2.05) is 0 Å². The highest BCUT2D eigenvalue weighted by atomic mass is 35.5. The van der Waals surface area contributed by atoms with Crippen LogP contribution in [0.2, 0.25) is 0 Å². The molecule has 1 aromatic rings. The van der Waals surface area contributed by atoms with Crippen LogP contribution in [0.4, 0.5) is 18.9 Å². The van der Waals surface area contributed by atoms with Gasteiger partial charge in [0.25, 0.3) is 5.91 Å². The van der Waals surface area contributed by atoms with Gasteiger partial charge in [0.1, 0.15) is 6.10 Å². The number of carbonyl (C=O) groups excluding carboxylic acids is 1. The maximum Gasteiger partial charge on any atom is 0.389 e. The summed E-state index contributed by atoms with van der Waals surface area (Å²) in [4.78, 5) is 12.0. The van der Waals surface area contributed by atoms with Crippen LogP contribution in [0.5, 0.6) is 0 Å². The van der Waals surface area contributed by atoms with Gasteiger partial charge in [-0.1, -0.05) is 12.1 Å². The highest BCUT2D eigenvalue weighted by Gasteiger charge is 2.30. The molecule has 0 unspecified atom stereocenters. The van der Waals surface area contributed by atoms with Crippen LogP contribution in [0.15, 0.2) is 24.3 Å². The predicted molar refractivity (Wildman–Crippen MR) is 83.6 cm³/mol. The van der Waals surface area contributed by atoms with Gasteiger partial charge in [-0.25, -0.2) is 0 Å². The molecule has 1 aliphatic heterocycles. The highest BCUT2D eigenvalue weighted by molar-refractivity contribution is 5.94. The molecule has 0 bridgehead atoms. The Morgan fingerprint density at radius 1 is 1.35 bits per heavy atom. The molecule has 1 fully saturated rings. The number of hydrogen-bond acceptors (Lipinski definition) is 3. The van der Waals surface area contributed by atoms with Crippen molar-refractivity contribution in [3.05, 3.63) is 29.8 Å². The summed E-state index contributed by atoms with van der Waals surface area (Å²) in [6.07, 6.45) is -4.49. The molecule has 0 radical (unpaired) electrons. The Hall–Kier alpha value is -1.31. The first-order valence-corrected chi connectivity index (χ1v) is 7.19. The molecular weight excluding hydrogens is 333 g/mol. The van der Waals surface area contributed by atoms with Crippen molar-refractivity contribution in [1.29, 1.82) is 0 Å². The van der Waals surface area contributed by atoms with Crippen molar-refractivity contribution in [1.82, 2.24) is 0 Å². The summed E-state index contributed by atoms with van der Waals surface area (Å²) < 4.78 is 42.2. The van der Waals surface area contributed by atoms with E-state index in [0.717, 1.165) is 6.42 Å². The molecule has 0 aliphatic carbocycles. The molecule has 1 saturated heterocycles. The maximum atomic E-state index is 12.2. The van der Waals surface area contributed by atoms with Crippen LogP contribution in [0, 0.1) is 0 Å². The van der Waals surface area contributed by atoms with Crippen LogP contribution in [-0.2, 0) is 16.0 Å². The number of nitrogens with one attached hydrogen (secondary N) is 1. The lowest BCUT2D eigenvalue weighted by Crippen LogP contribution is -2.29. The fourth-order valence-electron chi connectivity index (χ4n) is 2.39. The molecule has 4 nitrogen and oxygen atoms in total. The van der Waals surface area contributed by atoms with E-state index in [1.165, 1.54) is 0 Å². The Morgan fingerprint density at radius 3 is 2.70 bits per heavy atom. The van der Waals surface area contributed by atoms with E-state index < -0.39 is 18.7 Å². The molecule has 1 aliphatic rings. The summed E-state index contributed by atoms with van der Waals surface area (Å²) in [5, 5.41) is 2.68. The third kappa shape index (κ3) is 6.37. The van der Waals surface area contributed by atoms with Gasteiger partial charge in [-0.2, -0.15) is 13.2 Å². The van der Waals surface area contributed by atoms with Crippen molar-refractivity contribution in [2.75, 3.05) is 11.9 Å². The maximum absolute atomic E-state index is 12.2. The Morgan fingerprint density at radius 2 is 2.09 bits per heavy atom. The number of rotatable bonds is 5. The first-order chi connectivity index (χ1) is 10.4. The molecule has 2 rings (SSSR count). The molecule has 0 saturated carbocycles. The third-order valence-electron chi connectivity index (χ3n) is 3.55. The van der Waals surface area contributed by atoms with Crippen molar-refractivity contribution < 1.29 is 22.7 Å². The van der Waals surface area contributed by atoms with E-state index >= 15 is 0 Å². The Balaban J connectivity index is 0.00000264. The number of alkyl halides is 3. The third-order valence-corrected chi connectivity index (χ3v) is 3.55. The number of halogens is 4. The number of amides is 1. The zero-order valence-electron chi connectivity index (χ0n) is 12.4. The van der Waals surface area contributed by atoms with E-state index in [-0.39, 0.29) is 30.8 Å². The van der Waals surface area contributed by atoms with E-state index in [0.29, 0.717) is 24.2 Å². The number of carbonyl (C=O) groups is 1. The Bertz CT molecular complexity index is 526. The van der Waals surface area contributed by atoms with Gasteiger partial charge in [-0.15, -0.1) is 12.4 Å². The average Bonchev–Trinajstić information content (AvgIpc) is 2.94. The van der Waals surface area contributed by atoms with Crippen molar-refractivity contribution >= 4 is 24.0 Å². The molecule has 2 atom stereocenters. The van der Waals surface area contributed by atoms with Crippen molar-refractivity contribution in [3.8, 4) is 0 Å². The fourth-order valence-corrected chi connectivity index (χ4v) is 2.39. The number of hydrogen-bond donors (Lipinski definition) is 2. The zero-order chi connectivity index (χ0) is 16.2. The quantitative estimate of drug-likeness (QED) is 0.856. The number of anilines is 1. The van der Waals surface area contributed by atoms with Gasteiger partial charge < -0.3 is 15.8 Å². The van der Waals surface area contributed by atoms with Gasteiger partial charge in [-0.05, 0) is 37.0 Å². The lowest BCUT2D eigenvalue weighted by atomic mass is 10.1. The summed E-state index contributed by atoms with van der Waals surface area (Å²) in [7, 11) is 0. The Labute approximate surface area is 139 Å². The first-order valence-electron chi connectivity index (χ1n) is 7.19. The topological polar surface area (TPSA) is 64.4 Å². The summed E-state index contributed by atoms with van der Waals surface area (Å²) in [6.45, 7) is 0.372. The van der Waals surface area contributed by atoms with Crippen LogP contribution in [0.1, 0.15) is 24.8 Å². The summed E-state index contributed by atoms with van der Waals surface area (Å²) >= 11 is 0. The normalized spacial score (nSPS) is 20.9. The minimum Gasteiger partial charge on any atom is -0.364 e. The van der Waals surface area contributed by atoms with Gasteiger partial charge in [0.05, 0.1) is 6.10 Å². The molecule has 130 valence electrons. The van der Waals surface area contributed by atoms with Crippen LogP contribution in [0.25, 0.3) is 0 Å². The number of aryl methyl sites for hydroxylation is 1.